The van der Waals surface area contributed by atoms with Gasteiger partial charge >= 0.3 is 0 Å². The second-order valence-electron chi connectivity index (χ2n) is 11.3. The van der Waals surface area contributed by atoms with Crippen LogP contribution < -0.4 is 4.90 Å². The molecule has 0 radical (unpaired) electrons. The van der Waals surface area contributed by atoms with Crippen LogP contribution in [-0.4, -0.2) is 55.8 Å². The van der Waals surface area contributed by atoms with Crippen LogP contribution in [0.15, 0.2) is 6.07 Å². The van der Waals surface area contributed by atoms with Gasteiger partial charge in [-0.3, -0.25) is 4.79 Å². The number of benzene rings is 1. The van der Waals surface area contributed by atoms with E-state index in [-0.39, 0.29) is 23.0 Å². The highest BCUT2D eigenvalue weighted by Gasteiger charge is 2.44. The van der Waals surface area contributed by atoms with Crippen molar-refractivity contribution in [2.45, 2.75) is 84.0 Å². The molecule has 1 saturated heterocycles. The number of piperazine rings is 1. The minimum Gasteiger partial charge on any atom is -0.384 e. The zero-order chi connectivity index (χ0) is 24.0. The lowest BCUT2D eigenvalue weighted by molar-refractivity contribution is -0.135. The fourth-order valence-electron chi connectivity index (χ4n) is 5.48. The molecule has 2 fully saturated rings. The molecule has 2 heterocycles. The number of hydrogen-bond donors (Lipinski definition) is 0. The number of ether oxygens (including phenoxy) is 2. The molecule has 33 heavy (non-hydrogen) atoms. The number of carbonyl (C=O) groups excluding carboxylic acids is 1. The third-order valence-corrected chi connectivity index (χ3v) is 7.87. The van der Waals surface area contributed by atoms with Gasteiger partial charge in [0.05, 0.1) is 42.5 Å². The van der Waals surface area contributed by atoms with Crippen LogP contribution in [0.25, 0.3) is 0 Å². The van der Waals surface area contributed by atoms with E-state index in [9.17, 15) is 10.1 Å². The maximum atomic E-state index is 12.9. The third-order valence-electron chi connectivity index (χ3n) is 7.87. The zero-order valence-corrected chi connectivity index (χ0v) is 21.2. The van der Waals surface area contributed by atoms with Gasteiger partial charge in [-0.2, -0.15) is 5.26 Å². The standard InChI is InChI=1S/C27H39N3O3/c1-18(2)24-16-29(10-11-30(24)25(31)7-12-32-6)23-13-22(27(5)8-9-27)21-17-33-26(3,4)14-19(21)20(23)15-28/h13,18,24H,7-12,14,16-17H2,1-6H3. The Morgan fingerprint density at radius 2 is 2.00 bits per heavy atom. The summed E-state index contributed by atoms with van der Waals surface area (Å²) in [5.41, 5.74) is 5.54. The summed E-state index contributed by atoms with van der Waals surface area (Å²) in [7, 11) is 1.63. The Bertz CT molecular complexity index is 958. The second-order valence-corrected chi connectivity index (χ2v) is 11.3. The van der Waals surface area contributed by atoms with Crippen molar-refractivity contribution in [3.8, 4) is 6.07 Å². The van der Waals surface area contributed by atoms with Crippen LogP contribution in [-0.2, 0) is 32.7 Å². The summed E-state index contributed by atoms with van der Waals surface area (Å²) >= 11 is 0. The summed E-state index contributed by atoms with van der Waals surface area (Å²) in [5.74, 6) is 0.487. The summed E-state index contributed by atoms with van der Waals surface area (Å²) in [6.45, 7) is 14.1. The summed E-state index contributed by atoms with van der Waals surface area (Å²) < 4.78 is 11.3. The molecular formula is C27H39N3O3. The highest BCUT2D eigenvalue weighted by atomic mass is 16.5. The van der Waals surface area contributed by atoms with Gasteiger partial charge in [0.15, 0.2) is 0 Å². The SMILES string of the molecule is COCCC(=O)N1CCN(c2cc(C3(C)CC3)c3c(c2C#N)CC(C)(C)OC3)CC1C(C)C. The van der Waals surface area contributed by atoms with E-state index >= 15 is 0 Å². The predicted octanol–water partition coefficient (Wildman–Crippen LogP) is 4.17. The molecule has 6 nitrogen and oxygen atoms in total. The summed E-state index contributed by atoms with van der Waals surface area (Å²) in [4.78, 5) is 17.3. The van der Waals surface area contributed by atoms with Crippen LogP contribution in [0.3, 0.4) is 0 Å². The van der Waals surface area contributed by atoms with Crippen LogP contribution in [0.5, 0.6) is 0 Å². The van der Waals surface area contributed by atoms with Gasteiger partial charge in [0.25, 0.3) is 0 Å². The van der Waals surface area contributed by atoms with Gasteiger partial charge in [-0.25, -0.2) is 0 Å². The number of nitriles is 1. The molecule has 1 aliphatic carbocycles. The van der Waals surface area contributed by atoms with E-state index in [1.54, 1.807) is 7.11 Å². The van der Waals surface area contributed by atoms with Gasteiger partial charge in [0.1, 0.15) is 6.07 Å². The molecule has 3 aliphatic rings. The molecule has 1 aromatic carbocycles. The van der Waals surface area contributed by atoms with Crippen LogP contribution in [0.1, 0.15) is 76.1 Å². The molecule has 0 spiro atoms. The monoisotopic (exact) mass is 453 g/mol. The van der Waals surface area contributed by atoms with Crippen LogP contribution in [0.2, 0.25) is 0 Å². The largest absolute Gasteiger partial charge is 0.384 e. The Kier molecular flexibility index (Phi) is 6.50. The molecule has 0 aromatic heterocycles. The Morgan fingerprint density at radius 1 is 1.27 bits per heavy atom. The molecule has 1 atom stereocenters. The number of rotatable bonds is 6. The lowest BCUT2D eigenvalue weighted by Gasteiger charge is -2.45. The van der Waals surface area contributed by atoms with Crippen LogP contribution >= 0.6 is 0 Å². The van der Waals surface area contributed by atoms with Gasteiger partial charge < -0.3 is 19.3 Å². The van der Waals surface area contributed by atoms with Crippen molar-refractivity contribution in [1.82, 2.24) is 4.90 Å². The summed E-state index contributed by atoms with van der Waals surface area (Å²) in [6.07, 6.45) is 3.54. The van der Waals surface area contributed by atoms with E-state index in [0.29, 0.717) is 32.1 Å². The van der Waals surface area contributed by atoms with E-state index < -0.39 is 0 Å². The Hall–Kier alpha value is -2.10. The number of nitrogens with zero attached hydrogens (tertiary/aromatic N) is 3. The van der Waals surface area contributed by atoms with Gasteiger partial charge in [-0.1, -0.05) is 20.8 Å². The minimum atomic E-state index is -0.272. The first kappa shape index (κ1) is 24.0. The molecule has 6 heteroatoms. The number of methoxy groups -OCH3 is 1. The van der Waals surface area contributed by atoms with E-state index in [2.05, 4.69) is 51.7 Å². The average Bonchev–Trinajstić information content (AvgIpc) is 3.53. The molecule has 180 valence electrons. The first-order chi connectivity index (χ1) is 15.6. The van der Waals surface area contributed by atoms with Crippen molar-refractivity contribution in [2.24, 2.45) is 5.92 Å². The maximum absolute atomic E-state index is 12.9. The lowest BCUT2D eigenvalue weighted by atomic mass is 9.81. The van der Waals surface area contributed by atoms with Crippen molar-refractivity contribution in [2.75, 3.05) is 38.3 Å². The number of amides is 1. The minimum absolute atomic E-state index is 0.116. The maximum Gasteiger partial charge on any atom is 0.225 e. The number of carbonyl (C=O) groups is 1. The number of hydrogen-bond acceptors (Lipinski definition) is 5. The Balaban J connectivity index is 1.72. The molecule has 2 aliphatic heterocycles. The van der Waals surface area contributed by atoms with E-state index in [4.69, 9.17) is 9.47 Å². The highest BCUT2D eigenvalue weighted by Crippen LogP contribution is 2.52. The number of fused-ring (bicyclic) bond motifs is 1. The van der Waals surface area contributed by atoms with Crippen molar-refractivity contribution in [3.05, 3.63) is 28.3 Å². The van der Waals surface area contributed by atoms with Crippen molar-refractivity contribution < 1.29 is 14.3 Å². The van der Waals surface area contributed by atoms with Gasteiger partial charge in [-0.15, -0.1) is 0 Å². The van der Waals surface area contributed by atoms with Crippen LogP contribution in [0, 0.1) is 17.2 Å². The molecule has 1 unspecified atom stereocenters. The van der Waals surface area contributed by atoms with Gasteiger partial charge in [-0.05, 0) is 60.8 Å². The first-order valence-electron chi connectivity index (χ1n) is 12.4. The number of anilines is 1. The molecular weight excluding hydrogens is 414 g/mol. The normalized spacial score (nSPS) is 23.3. The fraction of sp³-hybridized carbons (Fsp3) is 0.704. The molecule has 1 saturated carbocycles. The molecule has 1 aromatic rings. The molecule has 1 amide bonds. The van der Waals surface area contributed by atoms with Crippen molar-refractivity contribution >= 4 is 11.6 Å². The third kappa shape index (κ3) is 4.63. The quantitative estimate of drug-likeness (QED) is 0.647. The average molecular weight is 454 g/mol. The Labute approximate surface area is 198 Å². The van der Waals surface area contributed by atoms with Gasteiger partial charge in [0, 0.05) is 33.2 Å². The van der Waals surface area contributed by atoms with E-state index in [1.807, 2.05) is 4.90 Å². The van der Waals surface area contributed by atoms with Crippen molar-refractivity contribution in [1.29, 1.82) is 5.26 Å². The highest BCUT2D eigenvalue weighted by molar-refractivity contribution is 5.77. The van der Waals surface area contributed by atoms with Crippen molar-refractivity contribution in [3.63, 3.8) is 0 Å². The molecule has 0 N–H and O–H groups in total. The Morgan fingerprint density at radius 3 is 2.61 bits per heavy atom. The second kappa shape index (κ2) is 8.92. The summed E-state index contributed by atoms with van der Waals surface area (Å²) in [5, 5.41) is 10.3. The topological polar surface area (TPSA) is 65.8 Å². The smallest absolute Gasteiger partial charge is 0.225 e. The lowest BCUT2D eigenvalue weighted by Crippen LogP contribution is -2.57. The van der Waals surface area contributed by atoms with Crippen LogP contribution in [0.4, 0.5) is 5.69 Å². The molecule has 0 bridgehead atoms. The van der Waals surface area contributed by atoms with E-state index in [0.717, 1.165) is 30.8 Å². The fourth-order valence-corrected chi connectivity index (χ4v) is 5.48. The summed E-state index contributed by atoms with van der Waals surface area (Å²) in [6, 6.07) is 4.97. The van der Waals surface area contributed by atoms with E-state index in [1.165, 1.54) is 29.5 Å². The zero-order valence-electron chi connectivity index (χ0n) is 21.2. The molecule has 4 rings (SSSR count). The first-order valence-corrected chi connectivity index (χ1v) is 12.4. The predicted molar refractivity (Wildman–Crippen MR) is 129 cm³/mol. The van der Waals surface area contributed by atoms with Gasteiger partial charge in [0.2, 0.25) is 5.91 Å².